The van der Waals surface area contributed by atoms with Crippen LogP contribution in [0.25, 0.3) is 0 Å². The molecule has 0 radical (unpaired) electrons. The van der Waals surface area contributed by atoms with Gasteiger partial charge in [-0.3, -0.25) is 4.79 Å². The fourth-order valence-corrected chi connectivity index (χ4v) is 5.20. The summed E-state index contributed by atoms with van der Waals surface area (Å²) in [6.45, 7) is 2.18. The Morgan fingerprint density at radius 1 is 1.18 bits per heavy atom. The zero-order valence-corrected chi connectivity index (χ0v) is 19.6. The van der Waals surface area contributed by atoms with Gasteiger partial charge in [0.05, 0.1) is 23.3 Å². The molecular weight excluding hydrogens is 470 g/mol. The molecule has 2 aromatic rings. The lowest BCUT2D eigenvalue weighted by atomic mass is 10.2. The van der Waals surface area contributed by atoms with E-state index in [2.05, 4.69) is 5.32 Å². The molecular formula is C22H22ClN3O6S. The smallest absolute Gasteiger partial charge is 0.338 e. The molecule has 174 valence electrons. The number of halogens is 1. The first-order valence-corrected chi connectivity index (χ1v) is 11.9. The fraction of sp³-hybridized carbons (Fsp3) is 0.318. The summed E-state index contributed by atoms with van der Waals surface area (Å²) < 4.78 is 37.7. The van der Waals surface area contributed by atoms with E-state index in [1.165, 1.54) is 54.7 Å². The zero-order chi connectivity index (χ0) is 24.2. The summed E-state index contributed by atoms with van der Waals surface area (Å²) in [5, 5.41) is 11.6. The van der Waals surface area contributed by atoms with Crippen LogP contribution in [-0.2, 0) is 19.6 Å². The van der Waals surface area contributed by atoms with Crippen LogP contribution >= 0.6 is 11.6 Å². The number of nitriles is 1. The van der Waals surface area contributed by atoms with Crippen molar-refractivity contribution in [2.75, 3.05) is 25.5 Å². The molecule has 1 atom stereocenters. The first-order valence-electron chi connectivity index (χ1n) is 10.1. The number of sulfonamides is 1. The Bertz CT molecular complexity index is 1220. The molecule has 0 saturated carbocycles. The molecule has 1 saturated heterocycles. The summed E-state index contributed by atoms with van der Waals surface area (Å²) in [7, 11) is -2.50. The number of methoxy groups -OCH3 is 1. The number of anilines is 1. The number of ether oxygens (including phenoxy) is 2. The highest BCUT2D eigenvalue weighted by Crippen LogP contribution is 2.30. The van der Waals surface area contributed by atoms with Crippen LogP contribution in [0.5, 0.6) is 5.75 Å². The van der Waals surface area contributed by atoms with E-state index in [1.807, 2.05) is 6.07 Å². The molecule has 9 nitrogen and oxygen atoms in total. The highest BCUT2D eigenvalue weighted by Gasteiger charge is 2.31. The van der Waals surface area contributed by atoms with Crippen molar-refractivity contribution in [3.8, 4) is 11.8 Å². The average Bonchev–Trinajstić information content (AvgIpc) is 3.34. The van der Waals surface area contributed by atoms with Crippen LogP contribution in [0.3, 0.4) is 0 Å². The first-order chi connectivity index (χ1) is 15.7. The molecule has 1 aliphatic rings. The van der Waals surface area contributed by atoms with Gasteiger partial charge in [-0.25, -0.2) is 13.2 Å². The molecule has 1 aliphatic heterocycles. The molecule has 1 unspecified atom stereocenters. The number of nitrogens with zero attached hydrogens (tertiary/aromatic N) is 2. The van der Waals surface area contributed by atoms with Crippen molar-refractivity contribution in [2.45, 2.75) is 30.8 Å². The van der Waals surface area contributed by atoms with E-state index >= 15 is 0 Å². The van der Waals surface area contributed by atoms with Crippen LogP contribution in [0.15, 0.2) is 41.3 Å². The Kier molecular flexibility index (Phi) is 7.58. The summed E-state index contributed by atoms with van der Waals surface area (Å²) in [6, 6.07) is 10.2. The van der Waals surface area contributed by atoms with Crippen LogP contribution in [0.2, 0.25) is 5.02 Å². The van der Waals surface area contributed by atoms with Crippen molar-refractivity contribution in [2.24, 2.45) is 0 Å². The predicted molar refractivity (Wildman–Crippen MR) is 121 cm³/mol. The lowest BCUT2D eigenvalue weighted by molar-refractivity contribution is -0.123. The third kappa shape index (κ3) is 5.45. The molecule has 3 rings (SSSR count). The molecule has 0 spiro atoms. The van der Waals surface area contributed by atoms with Crippen LogP contribution in [0, 0.1) is 11.3 Å². The van der Waals surface area contributed by atoms with Crippen molar-refractivity contribution >= 4 is 39.2 Å². The average molecular weight is 492 g/mol. The fourth-order valence-electron chi connectivity index (χ4n) is 3.28. The number of hydrogen-bond donors (Lipinski definition) is 1. The van der Waals surface area contributed by atoms with E-state index in [0.717, 1.165) is 12.8 Å². The lowest BCUT2D eigenvalue weighted by Gasteiger charge is -2.18. The normalized spacial score (nSPS) is 14.8. The number of carbonyl (C=O) groups is 2. The number of esters is 1. The Morgan fingerprint density at radius 2 is 1.88 bits per heavy atom. The van der Waals surface area contributed by atoms with Gasteiger partial charge >= 0.3 is 5.97 Å². The zero-order valence-electron chi connectivity index (χ0n) is 18.0. The maximum absolute atomic E-state index is 13.0. The lowest BCUT2D eigenvalue weighted by Crippen LogP contribution is -2.30. The molecule has 0 aromatic heterocycles. The summed E-state index contributed by atoms with van der Waals surface area (Å²) in [5.74, 6) is -1.37. The second kappa shape index (κ2) is 10.2. The van der Waals surface area contributed by atoms with Gasteiger partial charge in [0.15, 0.2) is 6.10 Å². The van der Waals surface area contributed by atoms with Gasteiger partial charge in [-0.2, -0.15) is 9.57 Å². The quantitative estimate of drug-likeness (QED) is 0.589. The molecule has 1 amide bonds. The second-order valence-electron chi connectivity index (χ2n) is 7.32. The maximum atomic E-state index is 13.0. The van der Waals surface area contributed by atoms with E-state index in [9.17, 15) is 18.0 Å². The van der Waals surface area contributed by atoms with Crippen molar-refractivity contribution < 1.29 is 27.5 Å². The maximum Gasteiger partial charge on any atom is 0.338 e. The minimum Gasteiger partial charge on any atom is -0.495 e. The summed E-state index contributed by atoms with van der Waals surface area (Å²) >= 11 is 5.96. The van der Waals surface area contributed by atoms with E-state index in [4.69, 9.17) is 26.3 Å². The van der Waals surface area contributed by atoms with Gasteiger partial charge in [0.25, 0.3) is 5.91 Å². The molecule has 33 heavy (non-hydrogen) atoms. The second-order valence-corrected chi connectivity index (χ2v) is 9.63. The monoisotopic (exact) mass is 491 g/mol. The highest BCUT2D eigenvalue weighted by atomic mass is 35.5. The van der Waals surface area contributed by atoms with Gasteiger partial charge in [0.2, 0.25) is 10.0 Å². The van der Waals surface area contributed by atoms with Gasteiger partial charge in [-0.1, -0.05) is 11.6 Å². The molecule has 11 heteroatoms. The van der Waals surface area contributed by atoms with Gasteiger partial charge in [-0.05, 0) is 56.2 Å². The van der Waals surface area contributed by atoms with Crippen LogP contribution < -0.4 is 10.1 Å². The number of amides is 1. The van der Waals surface area contributed by atoms with Crippen LogP contribution in [0.1, 0.15) is 35.7 Å². The van der Waals surface area contributed by atoms with Gasteiger partial charge in [0.1, 0.15) is 16.7 Å². The summed E-state index contributed by atoms with van der Waals surface area (Å²) in [5.41, 5.74) is 0.554. The van der Waals surface area contributed by atoms with Crippen molar-refractivity contribution in [3.05, 3.63) is 52.5 Å². The minimum atomic E-state index is -3.85. The van der Waals surface area contributed by atoms with Crippen molar-refractivity contribution in [1.29, 1.82) is 5.26 Å². The number of benzene rings is 2. The van der Waals surface area contributed by atoms with E-state index in [-0.39, 0.29) is 26.8 Å². The van der Waals surface area contributed by atoms with Gasteiger partial charge in [-0.15, -0.1) is 0 Å². The van der Waals surface area contributed by atoms with Gasteiger partial charge in [0, 0.05) is 18.8 Å². The molecule has 0 aliphatic carbocycles. The Hall–Kier alpha value is -3.13. The number of rotatable bonds is 7. The standard InChI is InChI=1S/C22H22ClN3O6S/c1-14(21(27)25-17-7-5-16(13-24)18(23)12-17)32-22(28)15-6-8-19(31-2)20(11-15)33(29,30)26-9-3-4-10-26/h5-8,11-12,14H,3-4,9-10H2,1-2H3,(H,25,27). The third-order valence-electron chi connectivity index (χ3n) is 5.09. The van der Waals surface area contributed by atoms with Gasteiger partial charge < -0.3 is 14.8 Å². The predicted octanol–water partition coefficient (Wildman–Crippen LogP) is 3.19. The van der Waals surface area contributed by atoms with Crippen LogP contribution in [0.4, 0.5) is 5.69 Å². The molecule has 1 fully saturated rings. The SMILES string of the molecule is COc1ccc(C(=O)OC(C)C(=O)Nc2ccc(C#N)c(Cl)c2)cc1S(=O)(=O)N1CCCC1. The summed E-state index contributed by atoms with van der Waals surface area (Å²) in [6.07, 6.45) is 0.341. The van der Waals surface area contributed by atoms with Crippen LogP contribution in [-0.4, -0.2) is 50.9 Å². The van der Waals surface area contributed by atoms with Crippen molar-refractivity contribution in [1.82, 2.24) is 4.31 Å². The summed E-state index contributed by atoms with van der Waals surface area (Å²) in [4.78, 5) is 24.9. The number of hydrogen-bond acceptors (Lipinski definition) is 7. The van der Waals surface area contributed by atoms with Crippen molar-refractivity contribution in [3.63, 3.8) is 0 Å². The molecule has 1 heterocycles. The molecule has 2 aromatic carbocycles. The Labute approximate surface area is 196 Å². The number of nitrogens with one attached hydrogen (secondary N) is 1. The Balaban J connectivity index is 1.75. The largest absolute Gasteiger partial charge is 0.495 e. The number of carbonyl (C=O) groups excluding carboxylic acids is 2. The van der Waals surface area contributed by atoms with E-state index in [1.54, 1.807) is 0 Å². The third-order valence-corrected chi connectivity index (χ3v) is 7.32. The molecule has 1 N–H and O–H groups in total. The van der Waals surface area contributed by atoms with E-state index < -0.39 is 28.0 Å². The highest BCUT2D eigenvalue weighted by molar-refractivity contribution is 7.89. The topological polar surface area (TPSA) is 126 Å². The Morgan fingerprint density at radius 3 is 2.48 bits per heavy atom. The molecule has 0 bridgehead atoms. The minimum absolute atomic E-state index is 0.0327. The first kappa shape index (κ1) is 24.5. The van der Waals surface area contributed by atoms with E-state index in [0.29, 0.717) is 18.8 Å².